The zero-order valence-electron chi connectivity index (χ0n) is 9.65. The predicted octanol–water partition coefficient (Wildman–Crippen LogP) is 1.56. The van der Waals surface area contributed by atoms with E-state index in [1.807, 2.05) is 0 Å². The van der Waals surface area contributed by atoms with Crippen LogP contribution in [0, 0.1) is 0 Å². The molecule has 3 N–H and O–H groups in total. The molecule has 0 bridgehead atoms. The Morgan fingerprint density at radius 3 is 2.78 bits per heavy atom. The van der Waals surface area contributed by atoms with Gasteiger partial charge in [0.1, 0.15) is 5.82 Å². The normalized spacial score (nSPS) is 12.6. The van der Waals surface area contributed by atoms with Crippen molar-refractivity contribution in [2.24, 2.45) is 10.9 Å². The average molecular weight is 262 g/mol. The zero-order valence-corrected chi connectivity index (χ0v) is 9.65. The maximum atomic E-state index is 12.1. The summed E-state index contributed by atoms with van der Waals surface area (Å²) in [6, 6.07) is 3.07. The zero-order chi connectivity index (χ0) is 13.8. The van der Waals surface area contributed by atoms with Gasteiger partial charge in [-0.25, -0.2) is 4.98 Å². The molecular formula is C10H13F3N4O. The number of amidine groups is 1. The van der Waals surface area contributed by atoms with Crippen molar-refractivity contribution in [2.45, 2.75) is 12.6 Å². The van der Waals surface area contributed by atoms with Crippen molar-refractivity contribution in [3.8, 4) is 0 Å². The first kappa shape index (κ1) is 14.1. The van der Waals surface area contributed by atoms with Crippen molar-refractivity contribution in [1.82, 2.24) is 4.98 Å². The molecule has 1 aromatic heterocycles. The van der Waals surface area contributed by atoms with E-state index in [0.29, 0.717) is 0 Å². The summed E-state index contributed by atoms with van der Waals surface area (Å²) in [6.45, 7) is -0.258. The largest absolute Gasteiger partial charge is 0.409 e. The van der Waals surface area contributed by atoms with Gasteiger partial charge in [0.05, 0.1) is 12.0 Å². The number of hydrogen-bond donors (Lipinski definition) is 2. The van der Waals surface area contributed by atoms with E-state index in [9.17, 15) is 13.2 Å². The number of rotatable bonds is 4. The van der Waals surface area contributed by atoms with Gasteiger partial charge < -0.3 is 15.8 Å². The average Bonchev–Trinajstić information content (AvgIpc) is 2.34. The number of anilines is 1. The van der Waals surface area contributed by atoms with Gasteiger partial charge in [-0.2, -0.15) is 13.2 Å². The fourth-order valence-corrected chi connectivity index (χ4v) is 1.36. The van der Waals surface area contributed by atoms with Crippen LogP contribution in [0.15, 0.2) is 23.5 Å². The van der Waals surface area contributed by atoms with Crippen molar-refractivity contribution in [3.05, 3.63) is 23.9 Å². The molecule has 0 atom stereocenters. The van der Waals surface area contributed by atoms with E-state index in [1.165, 1.54) is 24.2 Å². The smallest absolute Gasteiger partial charge is 0.390 e. The first-order chi connectivity index (χ1) is 8.35. The lowest BCUT2D eigenvalue weighted by molar-refractivity contribution is -0.132. The van der Waals surface area contributed by atoms with E-state index in [2.05, 4.69) is 10.1 Å². The second kappa shape index (κ2) is 5.56. The summed E-state index contributed by atoms with van der Waals surface area (Å²) < 4.78 is 36.4. The number of pyridine rings is 1. The molecule has 0 aromatic carbocycles. The van der Waals surface area contributed by atoms with Crippen LogP contribution in [0.2, 0.25) is 0 Å². The van der Waals surface area contributed by atoms with Crippen LogP contribution in [-0.4, -0.2) is 35.8 Å². The highest BCUT2D eigenvalue weighted by molar-refractivity contribution is 6.01. The third-order valence-electron chi connectivity index (χ3n) is 2.26. The molecule has 8 heteroatoms. The Morgan fingerprint density at radius 2 is 2.22 bits per heavy atom. The van der Waals surface area contributed by atoms with Gasteiger partial charge in [0.15, 0.2) is 5.84 Å². The summed E-state index contributed by atoms with van der Waals surface area (Å²) in [4.78, 5) is 5.24. The lowest BCUT2D eigenvalue weighted by Crippen LogP contribution is -2.27. The highest BCUT2D eigenvalue weighted by Crippen LogP contribution is 2.22. The molecule has 1 heterocycles. The fourth-order valence-electron chi connectivity index (χ4n) is 1.36. The standard InChI is InChI=1S/C10H13F3N4O/c1-17(6-4-10(11,12)13)9-7(8(14)16-18)3-2-5-15-9/h2-3,5,18H,4,6H2,1H3,(H2,14,16). The van der Waals surface area contributed by atoms with Crippen molar-refractivity contribution in [2.75, 3.05) is 18.5 Å². The van der Waals surface area contributed by atoms with Crippen molar-refractivity contribution >= 4 is 11.7 Å². The van der Waals surface area contributed by atoms with Gasteiger partial charge in [-0.1, -0.05) is 5.16 Å². The van der Waals surface area contributed by atoms with E-state index in [4.69, 9.17) is 10.9 Å². The van der Waals surface area contributed by atoms with Gasteiger partial charge in [-0.3, -0.25) is 0 Å². The minimum Gasteiger partial charge on any atom is -0.409 e. The number of nitrogens with two attached hydrogens (primary N) is 1. The van der Waals surface area contributed by atoms with Gasteiger partial charge >= 0.3 is 6.18 Å². The number of alkyl halides is 3. The van der Waals surface area contributed by atoms with Crippen LogP contribution in [0.25, 0.3) is 0 Å². The van der Waals surface area contributed by atoms with Crippen molar-refractivity contribution < 1.29 is 18.4 Å². The van der Waals surface area contributed by atoms with Gasteiger partial charge in [-0.15, -0.1) is 0 Å². The molecule has 0 aliphatic carbocycles. The quantitative estimate of drug-likeness (QED) is 0.374. The van der Waals surface area contributed by atoms with Crippen LogP contribution >= 0.6 is 0 Å². The number of nitrogens with zero attached hydrogens (tertiary/aromatic N) is 3. The van der Waals surface area contributed by atoms with Gasteiger partial charge in [0.2, 0.25) is 0 Å². The maximum Gasteiger partial charge on any atom is 0.390 e. The summed E-state index contributed by atoms with van der Waals surface area (Å²) in [5, 5.41) is 11.4. The van der Waals surface area contributed by atoms with Crippen LogP contribution in [-0.2, 0) is 0 Å². The molecule has 100 valence electrons. The predicted molar refractivity (Wildman–Crippen MR) is 60.7 cm³/mol. The maximum absolute atomic E-state index is 12.1. The summed E-state index contributed by atoms with van der Waals surface area (Å²) in [5.41, 5.74) is 5.71. The monoisotopic (exact) mass is 262 g/mol. The Balaban J connectivity index is 2.89. The molecule has 5 nitrogen and oxygen atoms in total. The third kappa shape index (κ3) is 3.79. The number of halogens is 3. The number of oxime groups is 1. The van der Waals surface area contributed by atoms with E-state index in [0.717, 1.165) is 0 Å². The molecule has 0 spiro atoms. The fraction of sp³-hybridized carbons (Fsp3) is 0.400. The molecule has 0 aliphatic rings. The Kier molecular flexibility index (Phi) is 4.35. The lowest BCUT2D eigenvalue weighted by Gasteiger charge is -2.21. The molecule has 0 amide bonds. The van der Waals surface area contributed by atoms with Gasteiger partial charge in [-0.05, 0) is 12.1 Å². The van der Waals surface area contributed by atoms with Crippen LogP contribution in [0.4, 0.5) is 19.0 Å². The third-order valence-corrected chi connectivity index (χ3v) is 2.26. The molecule has 18 heavy (non-hydrogen) atoms. The van der Waals surface area contributed by atoms with Crippen LogP contribution in [0.5, 0.6) is 0 Å². The Bertz CT molecular complexity index is 433. The Hall–Kier alpha value is -1.99. The SMILES string of the molecule is CN(CCC(F)(F)F)c1ncccc1C(N)=NO. The number of aromatic nitrogens is 1. The van der Waals surface area contributed by atoms with Gasteiger partial charge in [0, 0.05) is 19.8 Å². The van der Waals surface area contributed by atoms with Crippen LogP contribution < -0.4 is 10.6 Å². The van der Waals surface area contributed by atoms with Crippen LogP contribution in [0.3, 0.4) is 0 Å². The highest BCUT2D eigenvalue weighted by Gasteiger charge is 2.27. The second-order valence-corrected chi connectivity index (χ2v) is 3.65. The minimum atomic E-state index is -4.24. The Morgan fingerprint density at radius 1 is 1.56 bits per heavy atom. The van der Waals surface area contributed by atoms with Crippen molar-refractivity contribution in [3.63, 3.8) is 0 Å². The molecule has 0 unspecified atom stereocenters. The molecule has 0 aliphatic heterocycles. The lowest BCUT2D eigenvalue weighted by atomic mass is 10.2. The molecule has 0 saturated carbocycles. The summed E-state index contributed by atoms with van der Waals surface area (Å²) in [5.74, 6) is 0.0361. The molecule has 0 radical (unpaired) electrons. The summed E-state index contributed by atoms with van der Waals surface area (Å²) in [7, 11) is 1.46. The van der Waals surface area contributed by atoms with Gasteiger partial charge in [0.25, 0.3) is 0 Å². The van der Waals surface area contributed by atoms with E-state index >= 15 is 0 Å². The van der Waals surface area contributed by atoms with E-state index in [-0.39, 0.29) is 23.8 Å². The number of hydrogen-bond acceptors (Lipinski definition) is 4. The molecule has 1 rings (SSSR count). The molecule has 1 aromatic rings. The van der Waals surface area contributed by atoms with E-state index in [1.54, 1.807) is 6.07 Å². The highest BCUT2D eigenvalue weighted by atomic mass is 19.4. The molecule has 0 fully saturated rings. The topological polar surface area (TPSA) is 74.7 Å². The molecular weight excluding hydrogens is 249 g/mol. The summed E-state index contributed by atoms with van der Waals surface area (Å²) in [6.07, 6.45) is -3.77. The summed E-state index contributed by atoms with van der Waals surface area (Å²) >= 11 is 0. The first-order valence-electron chi connectivity index (χ1n) is 5.06. The van der Waals surface area contributed by atoms with Crippen LogP contribution in [0.1, 0.15) is 12.0 Å². The molecule has 0 saturated heterocycles. The van der Waals surface area contributed by atoms with E-state index < -0.39 is 12.6 Å². The second-order valence-electron chi connectivity index (χ2n) is 3.65. The minimum absolute atomic E-state index is 0.197. The van der Waals surface area contributed by atoms with Crippen molar-refractivity contribution in [1.29, 1.82) is 0 Å². The Labute approximate surface area is 102 Å². The first-order valence-corrected chi connectivity index (χ1v) is 5.06.